The van der Waals surface area contributed by atoms with Crippen LogP contribution >= 0.6 is 23.5 Å². The van der Waals surface area contributed by atoms with Gasteiger partial charge >= 0.3 is 0 Å². The quantitative estimate of drug-likeness (QED) is 0.710. The molecule has 0 amide bonds. The van der Waals surface area contributed by atoms with Gasteiger partial charge in [-0.3, -0.25) is 0 Å². The van der Waals surface area contributed by atoms with E-state index < -0.39 is 0 Å². The molecule has 1 rings (SSSR count). The van der Waals surface area contributed by atoms with Crippen molar-refractivity contribution in [2.24, 2.45) is 0 Å². The minimum Gasteiger partial charge on any atom is -0.393 e. The molecular weight excluding hydrogens is 212 g/mol. The minimum atomic E-state index is -0.115. The van der Waals surface area contributed by atoms with Gasteiger partial charge in [0.15, 0.2) is 0 Å². The molecule has 1 aliphatic rings. The van der Waals surface area contributed by atoms with Gasteiger partial charge in [-0.15, -0.1) is 30.1 Å². The molecule has 0 spiro atoms. The summed E-state index contributed by atoms with van der Waals surface area (Å²) in [5.41, 5.74) is 0. The fraction of sp³-hybridized carbons (Fsp3) is 0.818. The molecule has 82 valence electrons. The van der Waals surface area contributed by atoms with Crippen LogP contribution in [0.2, 0.25) is 0 Å². The first-order chi connectivity index (χ1) is 6.83. The van der Waals surface area contributed by atoms with Gasteiger partial charge in [-0.25, -0.2) is 0 Å². The second kappa shape index (κ2) is 7.66. The van der Waals surface area contributed by atoms with E-state index in [1.165, 1.54) is 17.9 Å². The van der Waals surface area contributed by atoms with Crippen LogP contribution in [0, 0.1) is 0 Å². The Morgan fingerprint density at radius 2 is 2.07 bits per heavy atom. The summed E-state index contributed by atoms with van der Waals surface area (Å²) in [5, 5.41) is 9.64. The highest BCUT2D eigenvalue weighted by Crippen LogP contribution is 2.34. The van der Waals surface area contributed by atoms with Crippen LogP contribution in [-0.4, -0.2) is 27.3 Å². The predicted octanol–water partition coefficient (Wildman–Crippen LogP) is 3.29. The standard InChI is InChI=1S/C11H20OS2/c1-2-3-5-10(12)6-7-11-13-8-4-9-14-11/h2,10-12H,1,3-9H2. The van der Waals surface area contributed by atoms with Crippen LogP contribution < -0.4 is 0 Å². The van der Waals surface area contributed by atoms with E-state index in [-0.39, 0.29) is 6.10 Å². The predicted molar refractivity (Wildman–Crippen MR) is 68.0 cm³/mol. The Morgan fingerprint density at radius 3 is 2.71 bits per heavy atom. The molecule has 0 radical (unpaired) electrons. The number of rotatable bonds is 6. The first-order valence-electron chi connectivity index (χ1n) is 5.35. The maximum Gasteiger partial charge on any atom is 0.0544 e. The van der Waals surface area contributed by atoms with Crippen molar-refractivity contribution in [3.63, 3.8) is 0 Å². The van der Waals surface area contributed by atoms with Gasteiger partial charge in [0.25, 0.3) is 0 Å². The van der Waals surface area contributed by atoms with Crippen LogP contribution in [0.15, 0.2) is 12.7 Å². The zero-order chi connectivity index (χ0) is 10.2. The van der Waals surface area contributed by atoms with Gasteiger partial charge in [-0.2, -0.15) is 0 Å². The lowest BCUT2D eigenvalue weighted by Gasteiger charge is -2.21. The smallest absolute Gasteiger partial charge is 0.0544 e. The molecule has 1 aliphatic heterocycles. The summed E-state index contributed by atoms with van der Waals surface area (Å²) >= 11 is 4.12. The molecule has 0 aromatic heterocycles. The number of allylic oxidation sites excluding steroid dienone is 1. The van der Waals surface area contributed by atoms with Gasteiger partial charge in [0, 0.05) is 0 Å². The van der Waals surface area contributed by atoms with Crippen LogP contribution in [0.5, 0.6) is 0 Å². The zero-order valence-electron chi connectivity index (χ0n) is 8.65. The molecule has 0 saturated carbocycles. The molecule has 0 bridgehead atoms. The van der Waals surface area contributed by atoms with Gasteiger partial charge in [0.2, 0.25) is 0 Å². The van der Waals surface area contributed by atoms with E-state index in [0.29, 0.717) is 0 Å². The molecule has 1 saturated heterocycles. The summed E-state index contributed by atoms with van der Waals surface area (Å²) in [6, 6.07) is 0. The number of hydrogen-bond donors (Lipinski definition) is 1. The molecule has 1 nitrogen and oxygen atoms in total. The van der Waals surface area contributed by atoms with Crippen LogP contribution in [0.4, 0.5) is 0 Å². The highest BCUT2D eigenvalue weighted by atomic mass is 32.2. The van der Waals surface area contributed by atoms with E-state index in [1.807, 2.05) is 6.08 Å². The molecule has 0 aromatic carbocycles. The maximum absolute atomic E-state index is 9.64. The lowest BCUT2D eigenvalue weighted by atomic mass is 10.1. The van der Waals surface area contributed by atoms with Crippen molar-refractivity contribution in [1.29, 1.82) is 0 Å². The largest absolute Gasteiger partial charge is 0.393 e. The second-order valence-electron chi connectivity index (χ2n) is 3.62. The van der Waals surface area contributed by atoms with Gasteiger partial charge in [0.1, 0.15) is 0 Å². The van der Waals surface area contributed by atoms with E-state index in [1.54, 1.807) is 0 Å². The summed E-state index contributed by atoms with van der Waals surface area (Å²) in [5.74, 6) is 2.61. The summed E-state index contributed by atoms with van der Waals surface area (Å²) in [7, 11) is 0. The van der Waals surface area contributed by atoms with E-state index in [4.69, 9.17) is 0 Å². The normalized spacial score (nSPS) is 20.6. The van der Waals surface area contributed by atoms with Crippen molar-refractivity contribution in [3.8, 4) is 0 Å². The molecule has 3 heteroatoms. The third kappa shape index (κ3) is 5.32. The second-order valence-corrected chi connectivity index (χ2v) is 6.54. The van der Waals surface area contributed by atoms with Crippen molar-refractivity contribution in [1.82, 2.24) is 0 Å². The average molecular weight is 232 g/mol. The molecule has 1 N–H and O–H groups in total. The average Bonchev–Trinajstić information content (AvgIpc) is 2.25. The fourth-order valence-electron chi connectivity index (χ4n) is 1.49. The molecule has 1 fully saturated rings. The third-order valence-corrected chi connectivity index (χ3v) is 5.42. The van der Waals surface area contributed by atoms with Crippen molar-refractivity contribution in [3.05, 3.63) is 12.7 Å². The number of hydrogen-bond acceptors (Lipinski definition) is 3. The fourth-order valence-corrected chi connectivity index (χ4v) is 4.38. The van der Waals surface area contributed by atoms with E-state index in [2.05, 4.69) is 30.1 Å². The Labute approximate surface area is 95.7 Å². The van der Waals surface area contributed by atoms with E-state index in [0.717, 1.165) is 30.3 Å². The zero-order valence-corrected chi connectivity index (χ0v) is 10.3. The Kier molecular flexibility index (Phi) is 6.82. The van der Waals surface area contributed by atoms with Crippen LogP contribution in [-0.2, 0) is 0 Å². The topological polar surface area (TPSA) is 20.2 Å². The summed E-state index contributed by atoms with van der Waals surface area (Å²) < 4.78 is 0.738. The van der Waals surface area contributed by atoms with Crippen LogP contribution in [0.25, 0.3) is 0 Å². The van der Waals surface area contributed by atoms with Crippen molar-refractivity contribution < 1.29 is 5.11 Å². The monoisotopic (exact) mass is 232 g/mol. The highest BCUT2D eigenvalue weighted by molar-refractivity contribution is 8.17. The van der Waals surface area contributed by atoms with Crippen molar-refractivity contribution in [2.75, 3.05) is 11.5 Å². The minimum absolute atomic E-state index is 0.115. The Hall–Kier alpha value is 0.400. The third-order valence-electron chi connectivity index (χ3n) is 2.34. The van der Waals surface area contributed by atoms with Gasteiger partial charge in [-0.1, -0.05) is 6.08 Å². The first kappa shape index (κ1) is 12.5. The molecule has 14 heavy (non-hydrogen) atoms. The Morgan fingerprint density at radius 1 is 1.36 bits per heavy atom. The molecular formula is C11H20OS2. The molecule has 1 atom stereocenters. The van der Waals surface area contributed by atoms with E-state index in [9.17, 15) is 5.11 Å². The van der Waals surface area contributed by atoms with E-state index >= 15 is 0 Å². The van der Waals surface area contributed by atoms with Crippen LogP contribution in [0.3, 0.4) is 0 Å². The number of thioether (sulfide) groups is 2. The Bertz CT molecular complexity index is 155. The lowest BCUT2D eigenvalue weighted by Crippen LogP contribution is -2.12. The van der Waals surface area contributed by atoms with Gasteiger partial charge in [-0.05, 0) is 43.6 Å². The lowest BCUT2D eigenvalue weighted by molar-refractivity contribution is 0.154. The van der Waals surface area contributed by atoms with Crippen molar-refractivity contribution >= 4 is 23.5 Å². The van der Waals surface area contributed by atoms with Gasteiger partial charge < -0.3 is 5.11 Å². The summed E-state index contributed by atoms with van der Waals surface area (Å²) in [6.07, 6.45) is 7.05. The first-order valence-corrected chi connectivity index (χ1v) is 7.45. The maximum atomic E-state index is 9.64. The molecule has 0 aliphatic carbocycles. The SMILES string of the molecule is C=CCCC(O)CCC1SCCCS1. The van der Waals surface area contributed by atoms with Crippen LogP contribution in [0.1, 0.15) is 32.1 Å². The number of aliphatic hydroxyl groups is 1. The molecule has 1 unspecified atom stereocenters. The molecule has 1 heterocycles. The molecule has 0 aromatic rings. The van der Waals surface area contributed by atoms with Crippen molar-refractivity contribution in [2.45, 2.75) is 42.8 Å². The number of aliphatic hydroxyl groups excluding tert-OH is 1. The summed E-state index contributed by atoms with van der Waals surface area (Å²) in [4.78, 5) is 0. The highest BCUT2D eigenvalue weighted by Gasteiger charge is 2.15. The van der Waals surface area contributed by atoms with Gasteiger partial charge in [0.05, 0.1) is 10.7 Å². The summed E-state index contributed by atoms with van der Waals surface area (Å²) in [6.45, 7) is 3.66. The Balaban J connectivity index is 2.03.